The van der Waals surface area contributed by atoms with Crippen molar-refractivity contribution < 1.29 is 13.2 Å². The number of aromatic nitrogens is 3. The minimum Gasteiger partial charge on any atom is -0.306 e. The molecule has 10 heteroatoms. The van der Waals surface area contributed by atoms with Gasteiger partial charge in [0.1, 0.15) is 11.3 Å². The predicted molar refractivity (Wildman–Crippen MR) is 114 cm³/mol. The fraction of sp³-hybridized carbons (Fsp3) is 0.105. The third-order valence-electron chi connectivity index (χ3n) is 4.16. The normalized spacial score (nSPS) is 11.7. The van der Waals surface area contributed by atoms with E-state index in [-0.39, 0.29) is 10.8 Å². The van der Waals surface area contributed by atoms with Gasteiger partial charge in [-0.05, 0) is 43.3 Å². The van der Waals surface area contributed by atoms with Crippen LogP contribution in [0.1, 0.15) is 16.1 Å². The number of rotatable bonds is 4. The zero-order valence-electron chi connectivity index (χ0n) is 15.4. The van der Waals surface area contributed by atoms with Crippen LogP contribution in [0.4, 0.5) is 5.82 Å². The first-order chi connectivity index (χ1) is 13.7. The molecular weight excluding hydrogens is 432 g/mol. The highest BCUT2D eigenvalue weighted by molar-refractivity contribution is 7.90. The number of amides is 1. The Kier molecular flexibility index (Phi) is 4.89. The van der Waals surface area contributed by atoms with Crippen molar-refractivity contribution in [2.45, 2.75) is 11.8 Å². The first-order valence-electron chi connectivity index (χ1n) is 8.46. The molecule has 0 aliphatic rings. The highest BCUT2D eigenvalue weighted by atomic mass is 35.5. The second kappa shape index (κ2) is 7.25. The topological polar surface area (TPSA) is 94.0 Å². The van der Waals surface area contributed by atoms with Gasteiger partial charge in [0.2, 0.25) is 5.13 Å². The van der Waals surface area contributed by atoms with E-state index in [2.05, 4.69) is 15.4 Å². The molecule has 0 bridgehead atoms. The van der Waals surface area contributed by atoms with Crippen LogP contribution in [0.15, 0.2) is 53.4 Å². The Hall–Kier alpha value is -2.75. The van der Waals surface area contributed by atoms with Gasteiger partial charge in [-0.1, -0.05) is 29.0 Å². The number of sulfone groups is 1. The first kappa shape index (κ1) is 19.6. The third-order valence-corrected chi connectivity index (χ3v) is 6.59. The lowest BCUT2D eigenvalue weighted by Crippen LogP contribution is -2.15. The van der Waals surface area contributed by atoms with Crippen molar-refractivity contribution in [1.82, 2.24) is 14.8 Å². The van der Waals surface area contributed by atoms with Crippen LogP contribution < -0.4 is 5.32 Å². The number of halogens is 1. The lowest BCUT2D eigenvalue weighted by atomic mass is 10.2. The molecule has 0 atom stereocenters. The average molecular weight is 447 g/mol. The molecule has 0 aliphatic carbocycles. The van der Waals surface area contributed by atoms with Gasteiger partial charge in [0, 0.05) is 17.9 Å². The van der Waals surface area contributed by atoms with E-state index < -0.39 is 9.84 Å². The molecule has 7 nitrogen and oxygen atoms in total. The van der Waals surface area contributed by atoms with Gasteiger partial charge in [0.05, 0.1) is 20.3 Å². The summed E-state index contributed by atoms with van der Waals surface area (Å²) in [6, 6.07) is 13.0. The minimum atomic E-state index is -3.32. The number of hydrogen-bond donors (Lipinski definition) is 1. The summed E-state index contributed by atoms with van der Waals surface area (Å²) in [4.78, 5) is 17.4. The van der Waals surface area contributed by atoms with E-state index in [1.807, 2.05) is 19.1 Å². The van der Waals surface area contributed by atoms with E-state index in [4.69, 9.17) is 11.6 Å². The molecule has 0 radical (unpaired) electrons. The van der Waals surface area contributed by atoms with Crippen LogP contribution in [0.2, 0.25) is 5.02 Å². The minimum absolute atomic E-state index is 0.154. The van der Waals surface area contributed by atoms with Gasteiger partial charge in [-0.3, -0.25) is 4.79 Å². The third kappa shape index (κ3) is 3.89. The van der Waals surface area contributed by atoms with Crippen LogP contribution in [-0.4, -0.2) is 35.3 Å². The number of benzene rings is 2. The summed E-state index contributed by atoms with van der Waals surface area (Å²) in [5, 5.41) is 8.36. The van der Waals surface area contributed by atoms with Crippen molar-refractivity contribution in [3.8, 4) is 5.13 Å². The molecule has 0 spiro atoms. The fourth-order valence-corrected chi connectivity index (χ4v) is 4.63. The monoisotopic (exact) mass is 446 g/mol. The summed E-state index contributed by atoms with van der Waals surface area (Å²) in [5.41, 5.74) is 1.71. The predicted octanol–water partition coefficient (Wildman–Crippen LogP) is 4.10. The van der Waals surface area contributed by atoms with Crippen molar-refractivity contribution in [2.75, 3.05) is 11.6 Å². The molecule has 0 unspecified atom stereocenters. The van der Waals surface area contributed by atoms with E-state index in [9.17, 15) is 13.2 Å². The maximum atomic E-state index is 12.7. The number of fused-ring (bicyclic) bond motifs is 1. The molecular formula is C19H15ClN4O3S2. The summed E-state index contributed by atoms with van der Waals surface area (Å²) < 4.78 is 25.6. The molecule has 2 aromatic carbocycles. The van der Waals surface area contributed by atoms with Crippen LogP contribution in [0.25, 0.3) is 15.3 Å². The summed E-state index contributed by atoms with van der Waals surface area (Å²) in [6.45, 7) is 1.81. The van der Waals surface area contributed by atoms with Crippen LogP contribution in [0, 0.1) is 6.92 Å². The van der Waals surface area contributed by atoms with Gasteiger partial charge < -0.3 is 5.32 Å². The molecule has 0 aliphatic heterocycles. The lowest BCUT2D eigenvalue weighted by Gasteiger charge is -2.07. The van der Waals surface area contributed by atoms with Gasteiger partial charge in [-0.2, -0.15) is 9.78 Å². The number of carbonyl (C=O) groups excluding carboxylic acids is 1. The first-order valence-corrected chi connectivity index (χ1v) is 11.5. The summed E-state index contributed by atoms with van der Waals surface area (Å²) in [6.07, 6.45) is 1.12. The smallest absolute Gasteiger partial charge is 0.256 e. The maximum absolute atomic E-state index is 12.7. The van der Waals surface area contributed by atoms with Crippen molar-refractivity contribution in [1.29, 1.82) is 0 Å². The van der Waals surface area contributed by atoms with Crippen molar-refractivity contribution >= 4 is 54.7 Å². The highest BCUT2D eigenvalue weighted by Crippen LogP contribution is 2.31. The van der Waals surface area contributed by atoms with Gasteiger partial charge in [0.15, 0.2) is 9.84 Å². The highest BCUT2D eigenvalue weighted by Gasteiger charge is 2.17. The molecule has 4 aromatic rings. The van der Waals surface area contributed by atoms with E-state index >= 15 is 0 Å². The SMILES string of the molecule is Cc1cc(NC(=O)c2ccc(S(C)(=O)=O)cc2)n(-c2nc3c(Cl)cccc3s2)n1. The molecule has 2 aromatic heterocycles. The largest absolute Gasteiger partial charge is 0.306 e. The molecule has 0 saturated carbocycles. The molecule has 1 amide bonds. The molecule has 4 rings (SSSR count). The molecule has 148 valence electrons. The number of nitrogens with zero attached hydrogens (tertiary/aromatic N) is 3. The Morgan fingerprint density at radius 2 is 1.90 bits per heavy atom. The summed E-state index contributed by atoms with van der Waals surface area (Å²) in [7, 11) is -3.32. The molecule has 0 saturated heterocycles. The van der Waals surface area contributed by atoms with Gasteiger partial charge in [0.25, 0.3) is 5.91 Å². The Morgan fingerprint density at radius 3 is 2.55 bits per heavy atom. The van der Waals surface area contributed by atoms with Crippen LogP contribution in [0.5, 0.6) is 0 Å². The van der Waals surface area contributed by atoms with Crippen molar-refractivity contribution in [2.24, 2.45) is 0 Å². The second-order valence-corrected chi connectivity index (χ2v) is 9.85. The molecule has 29 heavy (non-hydrogen) atoms. The number of para-hydroxylation sites is 1. The number of thiazole rings is 1. The lowest BCUT2D eigenvalue weighted by molar-refractivity contribution is 0.102. The Labute approximate surface area is 175 Å². The quantitative estimate of drug-likeness (QED) is 0.509. The maximum Gasteiger partial charge on any atom is 0.256 e. The Bertz CT molecular complexity index is 1340. The summed E-state index contributed by atoms with van der Waals surface area (Å²) >= 11 is 7.62. The van der Waals surface area contributed by atoms with E-state index in [1.54, 1.807) is 16.8 Å². The fourth-order valence-electron chi connectivity index (χ4n) is 2.77. The number of carbonyl (C=O) groups is 1. The molecule has 1 N–H and O–H groups in total. The van der Waals surface area contributed by atoms with Gasteiger partial charge in [-0.25, -0.2) is 13.4 Å². The van der Waals surface area contributed by atoms with Gasteiger partial charge in [-0.15, -0.1) is 0 Å². The van der Waals surface area contributed by atoms with Crippen molar-refractivity contribution in [3.63, 3.8) is 0 Å². The standard InChI is InChI=1S/C19H15ClN4O3S2/c1-11-10-16(21-18(25)12-6-8-13(9-7-12)29(2,26)27)24(23-11)19-22-17-14(20)4-3-5-15(17)28-19/h3-10H,1-2H3,(H,21,25). The van der Waals surface area contributed by atoms with Crippen LogP contribution in [0.3, 0.4) is 0 Å². The summed E-state index contributed by atoms with van der Waals surface area (Å²) in [5.74, 6) is 0.0696. The van der Waals surface area contributed by atoms with Crippen LogP contribution in [-0.2, 0) is 9.84 Å². The van der Waals surface area contributed by atoms with E-state index in [1.165, 1.54) is 35.6 Å². The Morgan fingerprint density at radius 1 is 1.17 bits per heavy atom. The molecule has 0 fully saturated rings. The Balaban J connectivity index is 1.66. The number of nitrogens with one attached hydrogen (secondary N) is 1. The number of anilines is 1. The van der Waals surface area contributed by atoms with E-state index in [0.717, 1.165) is 11.0 Å². The van der Waals surface area contributed by atoms with Gasteiger partial charge >= 0.3 is 0 Å². The van der Waals surface area contributed by atoms with Crippen LogP contribution >= 0.6 is 22.9 Å². The zero-order valence-corrected chi connectivity index (χ0v) is 17.8. The second-order valence-electron chi connectivity index (χ2n) is 6.42. The number of aryl methyl sites for hydroxylation is 1. The van der Waals surface area contributed by atoms with Crippen molar-refractivity contribution in [3.05, 3.63) is 64.8 Å². The molecule has 2 heterocycles. The van der Waals surface area contributed by atoms with E-state index in [0.29, 0.717) is 32.7 Å². The average Bonchev–Trinajstić information content (AvgIpc) is 3.25. The number of hydrogen-bond acceptors (Lipinski definition) is 6. The zero-order chi connectivity index (χ0) is 20.8.